The first-order valence-corrected chi connectivity index (χ1v) is 7.20. The molecule has 1 heterocycles. The van der Waals surface area contributed by atoms with Crippen molar-refractivity contribution in [2.45, 2.75) is 31.3 Å². The number of likely N-dealkylation sites (tertiary alicyclic amines) is 1. The van der Waals surface area contributed by atoms with Crippen molar-refractivity contribution in [3.05, 3.63) is 29.6 Å². The summed E-state index contributed by atoms with van der Waals surface area (Å²) >= 11 is 0. The first-order valence-electron chi connectivity index (χ1n) is 7.20. The van der Waals surface area contributed by atoms with Crippen LogP contribution in [-0.4, -0.2) is 43.0 Å². The maximum absolute atomic E-state index is 13.6. The van der Waals surface area contributed by atoms with Crippen LogP contribution in [0.15, 0.2) is 18.2 Å². The highest BCUT2D eigenvalue weighted by Crippen LogP contribution is 2.30. The van der Waals surface area contributed by atoms with Crippen LogP contribution in [-0.2, 0) is 0 Å². The van der Waals surface area contributed by atoms with Crippen molar-refractivity contribution >= 4 is 11.6 Å². The standard InChI is InChI=1S/C15H20FN3O/c1-17-14-12(3-2-4-13(14)16)15(20)18-10-7-8-19(9-10)11-5-6-11/h2-4,10-11,17H,5-9H2,1H3,(H,18,20). The Balaban J connectivity index is 1.66. The number of carbonyl (C=O) groups is 1. The minimum Gasteiger partial charge on any atom is -0.385 e. The Kier molecular flexibility index (Phi) is 3.61. The summed E-state index contributed by atoms with van der Waals surface area (Å²) in [7, 11) is 1.62. The van der Waals surface area contributed by atoms with Gasteiger partial charge in [0.15, 0.2) is 0 Å². The minimum absolute atomic E-state index is 0.177. The molecule has 1 unspecified atom stereocenters. The highest BCUT2D eigenvalue weighted by Gasteiger charge is 2.35. The van der Waals surface area contributed by atoms with E-state index in [1.165, 1.54) is 18.9 Å². The minimum atomic E-state index is -0.397. The SMILES string of the molecule is CNc1c(F)cccc1C(=O)NC1CCN(C2CC2)C1. The zero-order valence-electron chi connectivity index (χ0n) is 11.7. The molecule has 1 aliphatic carbocycles. The Hall–Kier alpha value is -1.62. The molecule has 1 aliphatic heterocycles. The smallest absolute Gasteiger partial charge is 0.253 e. The summed E-state index contributed by atoms with van der Waals surface area (Å²) in [6.45, 7) is 1.97. The van der Waals surface area contributed by atoms with E-state index in [9.17, 15) is 9.18 Å². The van der Waals surface area contributed by atoms with Crippen molar-refractivity contribution in [1.82, 2.24) is 10.2 Å². The molecule has 0 aromatic heterocycles. The second-order valence-corrected chi connectivity index (χ2v) is 5.60. The molecule has 4 nitrogen and oxygen atoms in total. The molecule has 108 valence electrons. The number of amides is 1. The van der Waals surface area contributed by atoms with Crippen molar-refractivity contribution in [2.75, 3.05) is 25.5 Å². The van der Waals surface area contributed by atoms with Gasteiger partial charge in [-0.05, 0) is 31.4 Å². The van der Waals surface area contributed by atoms with Crippen LogP contribution in [0.5, 0.6) is 0 Å². The van der Waals surface area contributed by atoms with Crippen LogP contribution in [0.1, 0.15) is 29.6 Å². The van der Waals surface area contributed by atoms with E-state index in [1.807, 2.05) is 0 Å². The van der Waals surface area contributed by atoms with Gasteiger partial charge in [-0.15, -0.1) is 0 Å². The largest absolute Gasteiger partial charge is 0.385 e. The van der Waals surface area contributed by atoms with Gasteiger partial charge in [-0.3, -0.25) is 9.69 Å². The number of carbonyl (C=O) groups excluding carboxylic acids is 1. The lowest BCUT2D eigenvalue weighted by molar-refractivity contribution is 0.0938. The summed E-state index contributed by atoms with van der Waals surface area (Å²) in [5.41, 5.74) is 0.638. The van der Waals surface area contributed by atoms with E-state index in [-0.39, 0.29) is 17.6 Å². The summed E-state index contributed by atoms with van der Waals surface area (Å²) in [6.07, 6.45) is 3.55. The molecule has 0 spiro atoms. The van der Waals surface area contributed by atoms with E-state index < -0.39 is 5.82 Å². The number of nitrogens with zero attached hydrogens (tertiary/aromatic N) is 1. The van der Waals surface area contributed by atoms with E-state index in [2.05, 4.69) is 15.5 Å². The van der Waals surface area contributed by atoms with Gasteiger partial charge in [0.05, 0.1) is 11.3 Å². The zero-order valence-corrected chi connectivity index (χ0v) is 11.7. The first kappa shape index (κ1) is 13.4. The summed E-state index contributed by atoms with van der Waals surface area (Å²) in [5.74, 6) is -0.595. The molecule has 0 radical (unpaired) electrons. The average molecular weight is 277 g/mol. The average Bonchev–Trinajstić information content (AvgIpc) is 3.19. The molecule has 2 fully saturated rings. The molecule has 3 rings (SSSR count). The van der Waals surface area contributed by atoms with Crippen molar-refractivity contribution in [3.63, 3.8) is 0 Å². The Labute approximate surface area is 118 Å². The van der Waals surface area contributed by atoms with Crippen molar-refractivity contribution in [3.8, 4) is 0 Å². The third kappa shape index (κ3) is 2.63. The van der Waals surface area contributed by atoms with Gasteiger partial charge < -0.3 is 10.6 Å². The number of hydrogen-bond acceptors (Lipinski definition) is 3. The van der Waals surface area contributed by atoms with Gasteiger partial charge in [-0.2, -0.15) is 0 Å². The second kappa shape index (κ2) is 5.40. The van der Waals surface area contributed by atoms with E-state index in [0.717, 1.165) is 25.6 Å². The molecule has 1 amide bonds. The number of para-hydroxylation sites is 1. The fraction of sp³-hybridized carbons (Fsp3) is 0.533. The molecular weight excluding hydrogens is 257 g/mol. The predicted octanol–water partition coefficient (Wildman–Crippen LogP) is 1.83. The van der Waals surface area contributed by atoms with Crippen LogP contribution in [0.2, 0.25) is 0 Å². The van der Waals surface area contributed by atoms with Gasteiger partial charge in [-0.1, -0.05) is 6.07 Å². The maximum Gasteiger partial charge on any atom is 0.253 e. The molecule has 5 heteroatoms. The van der Waals surface area contributed by atoms with Crippen molar-refractivity contribution < 1.29 is 9.18 Å². The van der Waals surface area contributed by atoms with Crippen LogP contribution in [0.25, 0.3) is 0 Å². The molecule has 2 N–H and O–H groups in total. The molecule has 1 saturated heterocycles. The number of halogens is 1. The lowest BCUT2D eigenvalue weighted by Crippen LogP contribution is -2.37. The fourth-order valence-corrected chi connectivity index (χ4v) is 2.91. The number of benzene rings is 1. The molecule has 2 aliphatic rings. The molecule has 1 aromatic rings. The second-order valence-electron chi connectivity index (χ2n) is 5.60. The van der Waals surface area contributed by atoms with Crippen molar-refractivity contribution in [1.29, 1.82) is 0 Å². The normalized spacial score (nSPS) is 22.8. The van der Waals surface area contributed by atoms with Gasteiger partial charge in [0.1, 0.15) is 5.82 Å². The Morgan fingerprint density at radius 3 is 2.85 bits per heavy atom. The van der Waals surface area contributed by atoms with E-state index >= 15 is 0 Å². The van der Waals surface area contributed by atoms with Gasteiger partial charge in [0, 0.05) is 32.2 Å². The predicted molar refractivity (Wildman–Crippen MR) is 76.4 cm³/mol. The summed E-state index contributed by atoms with van der Waals surface area (Å²) in [4.78, 5) is 14.7. The highest BCUT2D eigenvalue weighted by molar-refractivity contribution is 5.99. The number of nitrogens with one attached hydrogen (secondary N) is 2. The number of hydrogen-bond donors (Lipinski definition) is 2. The maximum atomic E-state index is 13.6. The van der Waals surface area contributed by atoms with Crippen LogP contribution in [0, 0.1) is 5.82 Å². The fourth-order valence-electron chi connectivity index (χ4n) is 2.91. The van der Waals surface area contributed by atoms with Gasteiger partial charge in [0.2, 0.25) is 0 Å². The topological polar surface area (TPSA) is 44.4 Å². The molecule has 1 aromatic carbocycles. The molecule has 1 saturated carbocycles. The van der Waals surface area contributed by atoms with Crippen LogP contribution in [0.4, 0.5) is 10.1 Å². The van der Waals surface area contributed by atoms with Gasteiger partial charge >= 0.3 is 0 Å². The number of anilines is 1. The van der Waals surface area contributed by atoms with E-state index in [4.69, 9.17) is 0 Å². The lowest BCUT2D eigenvalue weighted by Gasteiger charge is -2.17. The first-order chi connectivity index (χ1) is 9.69. The Morgan fingerprint density at radius 2 is 2.15 bits per heavy atom. The molecule has 0 bridgehead atoms. The third-order valence-corrected chi connectivity index (χ3v) is 4.13. The third-order valence-electron chi connectivity index (χ3n) is 4.13. The molecule has 1 atom stereocenters. The Morgan fingerprint density at radius 1 is 1.35 bits per heavy atom. The van der Waals surface area contributed by atoms with Crippen LogP contribution >= 0.6 is 0 Å². The number of rotatable bonds is 4. The molecule has 20 heavy (non-hydrogen) atoms. The van der Waals surface area contributed by atoms with Crippen LogP contribution in [0.3, 0.4) is 0 Å². The molecular formula is C15H20FN3O. The van der Waals surface area contributed by atoms with Gasteiger partial charge in [0.25, 0.3) is 5.91 Å². The Bertz CT molecular complexity index is 516. The lowest BCUT2D eigenvalue weighted by atomic mass is 10.1. The quantitative estimate of drug-likeness (QED) is 0.882. The summed E-state index contributed by atoms with van der Waals surface area (Å²) < 4.78 is 13.6. The van der Waals surface area contributed by atoms with Crippen LogP contribution < -0.4 is 10.6 Å². The van der Waals surface area contributed by atoms with Gasteiger partial charge in [-0.25, -0.2) is 4.39 Å². The monoisotopic (exact) mass is 277 g/mol. The van der Waals surface area contributed by atoms with Crippen molar-refractivity contribution in [2.24, 2.45) is 0 Å². The highest BCUT2D eigenvalue weighted by atomic mass is 19.1. The zero-order chi connectivity index (χ0) is 14.1. The summed E-state index contributed by atoms with van der Waals surface area (Å²) in [6, 6.07) is 5.48. The van der Waals surface area contributed by atoms with E-state index in [1.54, 1.807) is 19.2 Å². The van der Waals surface area contributed by atoms with E-state index in [0.29, 0.717) is 5.56 Å². The summed E-state index contributed by atoms with van der Waals surface area (Å²) in [5, 5.41) is 5.78.